The molecule has 0 amide bonds. The fourth-order valence-corrected chi connectivity index (χ4v) is 3.95. The summed E-state index contributed by atoms with van der Waals surface area (Å²) in [6.07, 6.45) is 0. The third-order valence-electron chi connectivity index (χ3n) is 4.21. The number of hydrogen-bond donors (Lipinski definition) is 0. The first kappa shape index (κ1) is 14.9. The molecule has 23 heavy (non-hydrogen) atoms. The molecule has 1 fully saturated rings. The van der Waals surface area contributed by atoms with Crippen molar-refractivity contribution >= 4 is 39.7 Å². The van der Waals surface area contributed by atoms with E-state index in [2.05, 4.69) is 22.9 Å². The van der Waals surface area contributed by atoms with Gasteiger partial charge in [0.2, 0.25) is 0 Å². The fourth-order valence-electron chi connectivity index (χ4n) is 2.87. The minimum Gasteiger partial charge on any atom is -0.353 e. The van der Waals surface area contributed by atoms with E-state index in [1.165, 1.54) is 0 Å². The van der Waals surface area contributed by atoms with Gasteiger partial charge in [-0.1, -0.05) is 23.7 Å². The highest BCUT2D eigenvalue weighted by Crippen LogP contribution is 2.34. The molecular formula is C17H17ClN4S. The Hall–Kier alpha value is -1.69. The molecule has 1 saturated heterocycles. The quantitative estimate of drug-likeness (QED) is 0.708. The molecule has 1 aromatic carbocycles. The number of halogens is 1. The Morgan fingerprint density at radius 2 is 1.83 bits per heavy atom. The largest absolute Gasteiger partial charge is 0.353 e. The molecule has 0 unspecified atom stereocenters. The van der Waals surface area contributed by atoms with Gasteiger partial charge in [0.25, 0.3) is 0 Å². The van der Waals surface area contributed by atoms with Crippen LogP contribution < -0.4 is 4.90 Å². The van der Waals surface area contributed by atoms with Crippen molar-refractivity contribution in [1.82, 2.24) is 14.9 Å². The minimum absolute atomic E-state index is 0.717. The van der Waals surface area contributed by atoms with Crippen LogP contribution in [0.2, 0.25) is 5.02 Å². The Balaban J connectivity index is 1.86. The zero-order chi connectivity index (χ0) is 15.8. The Labute approximate surface area is 144 Å². The van der Waals surface area contributed by atoms with Crippen LogP contribution >= 0.6 is 22.9 Å². The summed E-state index contributed by atoms with van der Waals surface area (Å²) in [5.74, 6) is 1.74. The molecule has 1 aliphatic rings. The molecule has 0 radical (unpaired) electrons. The van der Waals surface area contributed by atoms with E-state index >= 15 is 0 Å². The number of para-hydroxylation sites is 1. The lowest BCUT2D eigenvalue weighted by Crippen LogP contribution is -2.45. The van der Waals surface area contributed by atoms with Gasteiger partial charge >= 0.3 is 0 Å². The lowest BCUT2D eigenvalue weighted by molar-refractivity contribution is 0.312. The number of likely N-dealkylation sites (N-methyl/N-ethyl adjacent to an activating group) is 1. The van der Waals surface area contributed by atoms with Crippen LogP contribution in [-0.4, -0.2) is 48.1 Å². The van der Waals surface area contributed by atoms with Gasteiger partial charge in [-0.2, -0.15) is 0 Å². The molecule has 2 aromatic heterocycles. The summed E-state index contributed by atoms with van der Waals surface area (Å²) >= 11 is 7.88. The van der Waals surface area contributed by atoms with Crippen LogP contribution in [0.25, 0.3) is 21.6 Å². The van der Waals surface area contributed by atoms with Crippen LogP contribution in [0.4, 0.5) is 5.82 Å². The van der Waals surface area contributed by atoms with Crippen molar-refractivity contribution in [2.24, 2.45) is 0 Å². The minimum atomic E-state index is 0.717. The normalized spacial score (nSPS) is 16.2. The molecule has 0 aliphatic carbocycles. The topological polar surface area (TPSA) is 32.3 Å². The van der Waals surface area contributed by atoms with Crippen LogP contribution in [-0.2, 0) is 0 Å². The molecule has 3 aromatic rings. The molecule has 4 rings (SSSR count). The van der Waals surface area contributed by atoms with Crippen molar-refractivity contribution < 1.29 is 0 Å². The van der Waals surface area contributed by atoms with Crippen LogP contribution in [0.5, 0.6) is 0 Å². The first-order valence-corrected chi connectivity index (χ1v) is 8.92. The lowest BCUT2D eigenvalue weighted by atomic mass is 10.2. The molecule has 0 spiro atoms. The van der Waals surface area contributed by atoms with E-state index in [0.717, 1.165) is 58.6 Å². The molecule has 6 heteroatoms. The fraction of sp³-hybridized carbons (Fsp3) is 0.294. The Bertz CT molecular complexity index is 839. The zero-order valence-electron chi connectivity index (χ0n) is 12.9. The lowest BCUT2D eigenvalue weighted by Gasteiger charge is -2.33. The molecule has 0 saturated carbocycles. The van der Waals surface area contributed by atoms with E-state index in [0.29, 0.717) is 0 Å². The number of nitrogens with zero attached hydrogens (tertiary/aromatic N) is 4. The van der Waals surface area contributed by atoms with Gasteiger partial charge in [-0.15, -0.1) is 11.3 Å². The summed E-state index contributed by atoms with van der Waals surface area (Å²) in [6.45, 7) is 4.06. The van der Waals surface area contributed by atoms with Crippen LogP contribution in [0.1, 0.15) is 0 Å². The first-order valence-electron chi connectivity index (χ1n) is 7.66. The number of fused-ring (bicyclic) bond motifs is 1. The highest BCUT2D eigenvalue weighted by atomic mass is 35.5. The maximum atomic E-state index is 6.29. The van der Waals surface area contributed by atoms with E-state index in [1.807, 2.05) is 29.6 Å². The van der Waals surface area contributed by atoms with Crippen molar-refractivity contribution in [3.63, 3.8) is 0 Å². The van der Waals surface area contributed by atoms with E-state index in [4.69, 9.17) is 21.6 Å². The SMILES string of the molecule is CN1CCN(c2nc(-c3sccc3Cl)nc3ccccc23)CC1. The van der Waals surface area contributed by atoms with E-state index in [-0.39, 0.29) is 0 Å². The number of benzene rings is 1. The average molecular weight is 345 g/mol. The summed E-state index contributed by atoms with van der Waals surface area (Å²) in [4.78, 5) is 15.2. The number of hydrogen-bond acceptors (Lipinski definition) is 5. The van der Waals surface area contributed by atoms with Crippen LogP contribution in [0.15, 0.2) is 35.7 Å². The third kappa shape index (κ3) is 2.80. The molecule has 4 nitrogen and oxygen atoms in total. The van der Waals surface area contributed by atoms with Gasteiger partial charge < -0.3 is 9.80 Å². The molecule has 0 bridgehead atoms. The Kier molecular flexibility index (Phi) is 3.93. The summed E-state index contributed by atoms with van der Waals surface area (Å²) in [7, 11) is 2.16. The predicted molar refractivity (Wildman–Crippen MR) is 97.6 cm³/mol. The molecule has 0 N–H and O–H groups in total. The smallest absolute Gasteiger partial charge is 0.173 e. The maximum Gasteiger partial charge on any atom is 0.173 e. The first-order chi connectivity index (χ1) is 11.2. The van der Waals surface area contributed by atoms with Crippen molar-refractivity contribution in [3.8, 4) is 10.7 Å². The second kappa shape index (κ2) is 6.07. The second-order valence-electron chi connectivity index (χ2n) is 5.78. The number of rotatable bonds is 2. The summed E-state index contributed by atoms with van der Waals surface area (Å²) in [5.41, 5.74) is 0.968. The van der Waals surface area contributed by atoms with Crippen molar-refractivity contribution in [2.75, 3.05) is 38.1 Å². The molecule has 3 heterocycles. The second-order valence-corrected chi connectivity index (χ2v) is 7.10. The average Bonchev–Trinajstić information content (AvgIpc) is 3.01. The van der Waals surface area contributed by atoms with Gasteiger partial charge in [0, 0.05) is 31.6 Å². The van der Waals surface area contributed by atoms with Gasteiger partial charge in [-0.25, -0.2) is 9.97 Å². The molecule has 0 atom stereocenters. The molecule has 1 aliphatic heterocycles. The summed E-state index contributed by atoms with van der Waals surface area (Å²) in [6, 6.07) is 10.1. The maximum absolute atomic E-state index is 6.29. The number of piperazine rings is 1. The highest BCUT2D eigenvalue weighted by Gasteiger charge is 2.20. The van der Waals surface area contributed by atoms with Gasteiger partial charge in [0.1, 0.15) is 5.82 Å². The molecule has 118 valence electrons. The van der Waals surface area contributed by atoms with Gasteiger partial charge in [-0.05, 0) is 30.6 Å². The number of anilines is 1. The van der Waals surface area contributed by atoms with Crippen LogP contribution in [0.3, 0.4) is 0 Å². The van der Waals surface area contributed by atoms with E-state index in [9.17, 15) is 0 Å². The molecular weight excluding hydrogens is 328 g/mol. The van der Waals surface area contributed by atoms with Gasteiger partial charge in [-0.3, -0.25) is 0 Å². The number of aromatic nitrogens is 2. The number of thiophene rings is 1. The Morgan fingerprint density at radius 1 is 1.04 bits per heavy atom. The van der Waals surface area contributed by atoms with Crippen LogP contribution in [0, 0.1) is 0 Å². The van der Waals surface area contributed by atoms with Gasteiger partial charge in [0.15, 0.2) is 5.82 Å². The standard InChI is InChI=1S/C17H17ClN4S/c1-21-7-9-22(10-8-21)17-12-4-2-3-5-14(12)19-16(20-17)15-13(18)6-11-23-15/h2-6,11H,7-10H2,1H3. The highest BCUT2D eigenvalue weighted by molar-refractivity contribution is 7.14. The zero-order valence-corrected chi connectivity index (χ0v) is 14.4. The summed E-state index contributed by atoms with van der Waals surface area (Å²) in [5, 5.41) is 3.80. The van der Waals surface area contributed by atoms with E-state index in [1.54, 1.807) is 11.3 Å². The Morgan fingerprint density at radius 3 is 2.57 bits per heavy atom. The monoisotopic (exact) mass is 344 g/mol. The van der Waals surface area contributed by atoms with Gasteiger partial charge in [0.05, 0.1) is 15.4 Å². The third-order valence-corrected chi connectivity index (χ3v) is 5.54. The predicted octanol–water partition coefficient (Wildman–Crippen LogP) is 3.76. The van der Waals surface area contributed by atoms with Crippen molar-refractivity contribution in [2.45, 2.75) is 0 Å². The van der Waals surface area contributed by atoms with E-state index < -0.39 is 0 Å². The van der Waals surface area contributed by atoms with Crippen molar-refractivity contribution in [1.29, 1.82) is 0 Å². The summed E-state index contributed by atoms with van der Waals surface area (Å²) < 4.78 is 0. The van der Waals surface area contributed by atoms with Crippen molar-refractivity contribution in [3.05, 3.63) is 40.7 Å².